The van der Waals surface area contributed by atoms with Crippen molar-refractivity contribution >= 4 is 23.4 Å². The predicted octanol–water partition coefficient (Wildman–Crippen LogP) is 6.12. The molecule has 0 fully saturated rings. The summed E-state index contributed by atoms with van der Waals surface area (Å²) in [5.74, 6) is 1.74. The van der Waals surface area contributed by atoms with Crippen LogP contribution in [0.5, 0.6) is 5.75 Å². The summed E-state index contributed by atoms with van der Waals surface area (Å²) in [5, 5.41) is 24.2. The molecule has 1 amide bonds. The number of rotatable bonds is 12. The molecule has 5 aromatic rings. The van der Waals surface area contributed by atoms with E-state index in [1.165, 1.54) is 23.9 Å². The molecule has 0 spiro atoms. The molecule has 1 unspecified atom stereocenters. The molecule has 1 aromatic heterocycles. The van der Waals surface area contributed by atoms with Crippen LogP contribution in [0.1, 0.15) is 28.6 Å². The van der Waals surface area contributed by atoms with Crippen molar-refractivity contribution in [3.63, 3.8) is 0 Å². The minimum Gasteiger partial charge on any atom is -0.497 e. The first-order valence-corrected chi connectivity index (χ1v) is 14.3. The van der Waals surface area contributed by atoms with Crippen LogP contribution in [-0.2, 0) is 23.4 Å². The Hall–Kier alpha value is -4.96. The van der Waals surface area contributed by atoms with Crippen LogP contribution in [0.15, 0.2) is 114 Å². The molecule has 0 saturated heterocycles. The van der Waals surface area contributed by atoms with E-state index in [-0.39, 0.29) is 18.0 Å². The van der Waals surface area contributed by atoms with Gasteiger partial charge in [-0.1, -0.05) is 84.6 Å². The van der Waals surface area contributed by atoms with Crippen molar-refractivity contribution < 1.29 is 14.5 Å². The van der Waals surface area contributed by atoms with Gasteiger partial charge in [-0.25, -0.2) is 0 Å². The van der Waals surface area contributed by atoms with Crippen LogP contribution in [0.2, 0.25) is 0 Å². The van der Waals surface area contributed by atoms with Gasteiger partial charge in [0.1, 0.15) is 5.75 Å². The van der Waals surface area contributed by atoms with Crippen molar-refractivity contribution in [3.8, 4) is 11.4 Å². The molecule has 0 saturated carbocycles. The summed E-state index contributed by atoms with van der Waals surface area (Å²) in [5.41, 5.74) is 3.64. The molecule has 0 aliphatic rings. The molecule has 212 valence electrons. The van der Waals surface area contributed by atoms with E-state index in [2.05, 4.69) is 15.5 Å². The number of thioether (sulfide) groups is 1. The Morgan fingerprint density at radius 3 is 2.14 bits per heavy atom. The predicted molar refractivity (Wildman–Crippen MR) is 162 cm³/mol. The zero-order valence-corrected chi connectivity index (χ0v) is 23.7. The summed E-state index contributed by atoms with van der Waals surface area (Å²) in [7, 11) is 1.60. The number of amides is 1. The molecule has 1 atom stereocenters. The van der Waals surface area contributed by atoms with Crippen LogP contribution in [-0.4, -0.2) is 32.7 Å². The van der Waals surface area contributed by atoms with Crippen LogP contribution >= 0.6 is 11.8 Å². The van der Waals surface area contributed by atoms with Crippen LogP contribution < -0.4 is 10.1 Å². The largest absolute Gasteiger partial charge is 0.497 e. The molecule has 1 heterocycles. The molecule has 5 rings (SSSR count). The van der Waals surface area contributed by atoms with Crippen LogP contribution in [0.25, 0.3) is 5.69 Å². The minimum absolute atomic E-state index is 0.0134. The molecular formula is C32H29N5O4S. The third kappa shape index (κ3) is 7.21. The quantitative estimate of drug-likeness (QED) is 0.108. The Morgan fingerprint density at radius 2 is 1.52 bits per heavy atom. The highest BCUT2D eigenvalue weighted by molar-refractivity contribution is 7.98. The van der Waals surface area contributed by atoms with Crippen molar-refractivity contribution in [2.24, 2.45) is 0 Å². The van der Waals surface area contributed by atoms with E-state index in [0.29, 0.717) is 28.8 Å². The number of benzene rings is 4. The normalized spacial score (nSPS) is 11.5. The molecular weight excluding hydrogens is 550 g/mol. The average molecular weight is 580 g/mol. The van der Waals surface area contributed by atoms with Crippen molar-refractivity contribution in [1.82, 2.24) is 20.1 Å². The van der Waals surface area contributed by atoms with Gasteiger partial charge in [-0.05, 0) is 47.4 Å². The SMILES string of the molecule is COc1ccc(CC(=O)NC(Cc2ccccc2)c2nnc(SCc3ccccc3)n2-c2ccc([N+](=O)[O-])cc2)cc1. The lowest BCUT2D eigenvalue weighted by Gasteiger charge is -2.20. The number of non-ortho nitro benzene ring substituents is 1. The van der Waals surface area contributed by atoms with Gasteiger partial charge in [-0.2, -0.15) is 0 Å². The van der Waals surface area contributed by atoms with Crippen LogP contribution in [0.4, 0.5) is 5.69 Å². The van der Waals surface area contributed by atoms with Crippen molar-refractivity contribution in [2.45, 2.75) is 29.8 Å². The lowest BCUT2D eigenvalue weighted by atomic mass is 10.0. The summed E-state index contributed by atoms with van der Waals surface area (Å²) < 4.78 is 7.10. The van der Waals surface area contributed by atoms with E-state index in [0.717, 1.165) is 22.4 Å². The number of carbonyl (C=O) groups is 1. The number of aromatic nitrogens is 3. The van der Waals surface area contributed by atoms with Crippen LogP contribution in [0, 0.1) is 10.1 Å². The highest BCUT2D eigenvalue weighted by Gasteiger charge is 2.25. The maximum absolute atomic E-state index is 13.3. The van der Waals surface area contributed by atoms with E-state index in [1.807, 2.05) is 89.5 Å². The minimum atomic E-state index is -0.521. The van der Waals surface area contributed by atoms with Crippen molar-refractivity contribution in [2.75, 3.05) is 7.11 Å². The number of hydrogen-bond acceptors (Lipinski definition) is 7. The zero-order valence-electron chi connectivity index (χ0n) is 22.9. The Bertz CT molecular complexity index is 1630. The first-order chi connectivity index (χ1) is 20.5. The van der Waals surface area contributed by atoms with Gasteiger partial charge < -0.3 is 10.1 Å². The molecule has 42 heavy (non-hydrogen) atoms. The van der Waals surface area contributed by atoms with E-state index in [9.17, 15) is 14.9 Å². The van der Waals surface area contributed by atoms with Gasteiger partial charge in [-0.15, -0.1) is 10.2 Å². The summed E-state index contributed by atoms with van der Waals surface area (Å²) in [6, 6.07) is 33.0. The Balaban J connectivity index is 1.49. The summed E-state index contributed by atoms with van der Waals surface area (Å²) >= 11 is 1.51. The highest BCUT2D eigenvalue weighted by atomic mass is 32.2. The number of nitrogens with zero attached hydrogens (tertiary/aromatic N) is 4. The number of methoxy groups -OCH3 is 1. The molecule has 0 radical (unpaired) electrons. The topological polar surface area (TPSA) is 112 Å². The lowest BCUT2D eigenvalue weighted by molar-refractivity contribution is -0.384. The lowest BCUT2D eigenvalue weighted by Crippen LogP contribution is -2.33. The van der Waals surface area contributed by atoms with E-state index >= 15 is 0 Å². The molecule has 10 heteroatoms. The van der Waals surface area contributed by atoms with Crippen LogP contribution in [0.3, 0.4) is 0 Å². The van der Waals surface area contributed by atoms with Gasteiger partial charge in [0.25, 0.3) is 5.69 Å². The van der Waals surface area contributed by atoms with Gasteiger partial charge >= 0.3 is 0 Å². The first-order valence-electron chi connectivity index (χ1n) is 13.3. The highest BCUT2D eigenvalue weighted by Crippen LogP contribution is 2.30. The average Bonchev–Trinajstić information content (AvgIpc) is 3.45. The first kappa shape index (κ1) is 28.6. The number of nitro benzene ring substituents is 1. The Labute approximate surface area is 247 Å². The van der Waals surface area contributed by atoms with E-state index < -0.39 is 11.0 Å². The molecule has 9 nitrogen and oxygen atoms in total. The van der Waals surface area contributed by atoms with Gasteiger partial charge in [0.05, 0.1) is 24.5 Å². The fraction of sp³-hybridized carbons (Fsp3) is 0.156. The fourth-order valence-electron chi connectivity index (χ4n) is 4.52. The second kappa shape index (κ2) is 13.6. The number of nitro groups is 1. The molecule has 4 aromatic carbocycles. The molecule has 0 bridgehead atoms. The second-order valence-corrected chi connectivity index (χ2v) is 10.5. The Morgan fingerprint density at radius 1 is 0.881 bits per heavy atom. The van der Waals surface area contributed by atoms with E-state index in [4.69, 9.17) is 4.74 Å². The summed E-state index contributed by atoms with van der Waals surface area (Å²) in [6.07, 6.45) is 0.653. The molecule has 1 N–H and O–H groups in total. The van der Waals surface area contributed by atoms with Gasteiger partial charge in [0, 0.05) is 23.6 Å². The van der Waals surface area contributed by atoms with E-state index in [1.54, 1.807) is 19.2 Å². The summed E-state index contributed by atoms with van der Waals surface area (Å²) in [4.78, 5) is 24.2. The monoisotopic (exact) mass is 579 g/mol. The third-order valence-corrected chi connectivity index (χ3v) is 7.64. The number of carbonyl (C=O) groups excluding carboxylic acids is 1. The second-order valence-electron chi connectivity index (χ2n) is 9.56. The third-order valence-electron chi connectivity index (χ3n) is 6.64. The zero-order chi connectivity index (χ0) is 29.3. The van der Waals surface area contributed by atoms with Crippen molar-refractivity contribution in [1.29, 1.82) is 0 Å². The smallest absolute Gasteiger partial charge is 0.269 e. The molecule has 0 aliphatic carbocycles. The maximum Gasteiger partial charge on any atom is 0.269 e. The maximum atomic E-state index is 13.3. The van der Waals surface area contributed by atoms with Gasteiger partial charge in [0.15, 0.2) is 11.0 Å². The number of ether oxygens (including phenoxy) is 1. The summed E-state index contributed by atoms with van der Waals surface area (Å²) in [6.45, 7) is 0. The molecule has 0 aliphatic heterocycles. The number of nitrogens with one attached hydrogen (secondary N) is 1. The fourth-order valence-corrected chi connectivity index (χ4v) is 5.43. The van der Waals surface area contributed by atoms with Crippen molar-refractivity contribution in [3.05, 3.63) is 142 Å². The standard InChI is InChI=1S/C32H29N5O4S/c1-41-28-18-12-24(13-19-28)21-30(38)33-29(20-23-8-4-2-5-9-23)31-34-35-32(42-22-25-10-6-3-7-11-25)36(31)26-14-16-27(17-15-26)37(39)40/h2-19,29H,20-22H2,1H3,(H,33,38). The number of hydrogen-bond donors (Lipinski definition) is 1. The van der Waals surface area contributed by atoms with Gasteiger partial charge in [0.2, 0.25) is 5.91 Å². The van der Waals surface area contributed by atoms with Gasteiger partial charge in [-0.3, -0.25) is 19.5 Å². The Kier molecular flexibility index (Phi) is 9.25.